The first kappa shape index (κ1) is 22.6. The number of hydrogen-bond donors (Lipinski definition) is 1. The van der Waals surface area contributed by atoms with Gasteiger partial charge in [0.2, 0.25) is 0 Å². The third-order valence-electron chi connectivity index (χ3n) is 4.30. The van der Waals surface area contributed by atoms with E-state index in [0.29, 0.717) is 23.8 Å². The van der Waals surface area contributed by atoms with Gasteiger partial charge in [0.15, 0.2) is 17.6 Å². The van der Waals surface area contributed by atoms with Crippen LogP contribution in [0.15, 0.2) is 30.3 Å². The number of para-hydroxylation sites is 1. The molecule has 6 nitrogen and oxygen atoms in total. The van der Waals surface area contributed by atoms with Crippen molar-refractivity contribution in [1.29, 1.82) is 0 Å². The number of amides is 1. The number of esters is 1. The van der Waals surface area contributed by atoms with Gasteiger partial charge in [0.25, 0.3) is 5.91 Å². The molecule has 1 atom stereocenters. The predicted molar refractivity (Wildman–Crippen MR) is 113 cm³/mol. The number of methoxy groups -OCH3 is 1. The highest BCUT2D eigenvalue weighted by Crippen LogP contribution is 2.36. The molecule has 0 radical (unpaired) electrons. The number of halogens is 1. The summed E-state index contributed by atoms with van der Waals surface area (Å²) >= 11 is 6.24. The Bertz CT molecular complexity index is 877. The van der Waals surface area contributed by atoms with Gasteiger partial charge in [0.05, 0.1) is 24.3 Å². The molecule has 2 rings (SSSR count). The van der Waals surface area contributed by atoms with Crippen LogP contribution in [-0.2, 0) is 9.53 Å². The lowest BCUT2D eigenvalue weighted by atomic mass is 10.1. The van der Waals surface area contributed by atoms with Crippen LogP contribution >= 0.6 is 11.6 Å². The Morgan fingerprint density at radius 2 is 1.83 bits per heavy atom. The molecule has 0 saturated heterocycles. The summed E-state index contributed by atoms with van der Waals surface area (Å²) in [5.41, 5.74) is 2.73. The van der Waals surface area contributed by atoms with Gasteiger partial charge < -0.3 is 19.5 Å². The first-order valence-electron chi connectivity index (χ1n) is 9.36. The number of hydrogen-bond acceptors (Lipinski definition) is 5. The van der Waals surface area contributed by atoms with Gasteiger partial charge in [-0.1, -0.05) is 36.7 Å². The molecule has 1 N–H and O–H groups in total. The summed E-state index contributed by atoms with van der Waals surface area (Å²) in [5, 5.41) is 3.05. The number of aryl methyl sites for hydroxylation is 2. The molecule has 7 heteroatoms. The summed E-state index contributed by atoms with van der Waals surface area (Å²) in [7, 11) is 1.46. The van der Waals surface area contributed by atoms with E-state index in [4.69, 9.17) is 25.8 Å². The van der Waals surface area contributed by atoms with E-state index in [2.05, 4.69) is 5.32 Å². The van der Waals surface area contributed by atoms with Crippen molar-refractivity contribution in [2.75, 3.05) is 19.0 Å². The maximum atomic E-state index is 12.5. The Morgan fingerprint density at radius 1 is 1.17 bits per heavy atom. The van der Waals surface area contributed by atoms with Crippen LogP contribution in [0.4, 0.5) is 5.69 Å². The Morgan fingerprint density at radius 3 is 2.41 bits per heavy atom. The van der Waals surface area contributed by atoms with Crippen molar-refractivity contribution in [2.24, 2.45) is 0 Å². The molecule has 2 aromatic carbocycles. The van der Waals surface area contributed by atoms with Crippen molar-refractivity contribution in [3.05, 3.63) is 52.0 Å². The van der Waals surface area contributed by atoms with Crippen LogP contribution in [0.2, 0.25) is 5.02 Å². The molecule has 0 saturated carbocycles. The Balaban J connectivity index is 2.12. The standard InChI is InChI=1S/C22H26ClNO5/c1-6-10-28-20-17(23)11-16(12-18(20)27-5)22(26)29-15(4)21(25)24-19-13(2)8-7-9-14(19)3/h7-9,11-12,15H,6,10H2,1-5H3,(H,24,25)/t15-/m1/s1. The average molecular weight is 420 g/mol. The normalized spacial score (nSPS) is 11.5. The van der Waals surface area contributed by atoms with Gasteiger partial charge >= 0.3 is 5.97 Å². The molecule has 0 aromatic heterocycles. The minimum Gasteiger partial charge on any atom is -0.493 e. The van der Waals surface area contributed by atoms with E-state index < -0.39 is 18.0 Å². The number of nitrogens with one attached hydrogen (secondary N) is 1. The van der Waals surface area contributed by atoms with E-state index in [0.717, 1.165) is 17.5 Å². The van der Waals surface area contributed by atoms with Gasteiger partial charge in [0.1, 0.15) is 0 Å². The summed E-state index contributed by atoms with van der Waals surface area (Å²) in [4.78, 5) is 25.0. The molecule has 0 unspecified atom stereocenters. The number of benzene rings is 2. The summed E-state index contributed by atoms with van der Waals surface area (Å²) < 4.78 is 16.2. The molecular formula is C22H26ClNO5. The zero-order valence-corrected chi connectivity index (χ0v) is 18.1. The number of rotatable bonds is 8. The molecule has 0 fully saturated rings. The fourth-order valence-electron chi connectivity index (χ4n) is 2.70. The number of carbonyl (C=O) groups is 2. The van der Waals surface area contributed by atoms with Crippen molar-refractivity contribution in [3.63, 3.8) is 0 Å². The molecular weight excluding hydrogens is 394 g/mol. The number of ether oxygens (including phenoxy) is 3. The summed E-state index contributed by atoms with van der Waals surface area (Å²) in [6.45, 7) is 7.75. The van der Waals surface area contributed by atoms with E-state index in [9.17, 15) is 9.59 Å². The maximum absolute atomic E-state index is 12.5. The van der Waals surface area contributed by atoms with Gasteiger partial charge in [-0.2, -0.15) is 0 Å². The third kappa shape index (κ3) is 5.64. The second kappa shape index (κ2) is 10.2. The largest absolute Gasteiger partial charge is 0.493 e. The lowest BCUT2D eigenvalue weighted by molar-refractivity contribution is -0.123. The number of carbonyl (C=O) groups excluding carboxylic acids is 2. The highest BCUT2D eigenvalue weighted by molar-refractivity contribution is 6.32. The molecule has 156 valence electrons. The van der Waals surface area contributed by atoms with Crippen LogP contribution in [0.5, 0.6) is 11.5 Å². The molecule has 0 bridgehead atoms. The van der Waals surface area contributed by atoms with Crippen LogP contribution in [0, 0.1) is 13.8 Å². The Hall–Kier alpha value is -2.73. The monoisotopic (exact) mass is 419 g/mol. The first-order chi connectivity index (χ1) is 13.8. The van der Waals surface area contributed by atoms with E-state index in [1.807, 2.05) is 39.0 Å². The highest BCUT2D eigenvalue weighted by Gasteiger charge is 2.22. The van der Waals surface area contributed by atoms with Crippen LogP contribution in [0.3, 0.4) is 0 Å². The zero-order chi connectivity index (χ0) is 21.6. The van der Waals surface area contributed by atoms with E-state index in [1.165, 1.54) is 26.2 Å². The minimum atomic E-state index is -0.998. The quantitative estimate of drug-likeness (QED) is 0.613. The molecule has 0 heterocycles. The van der Waals surface area contributed by atoms with Crippen LogP contribution in [0.25, 0.3) is 0 Å². The minimum absolute atomic E-state index is 0.169. The summed E-state index contributed by atoms with van der Waals surface area (Å²) in [5.74, 6) is -0.410. The smallest absolute Gasteiger partial charge is 0.339 e. The second-order valence-electron chi connectivity index (χ2n) is 6.64. The zero-order valence-electron chi connectivity index (χ0n) is 17.3. The molecule has 2 aromatic rings. The average Bonchev–Trinajstić information content (AvgIpc) is 2.69. The van der Waals surface area contributed by atoms with E-state index >= 15 is 0 Å². The lowest BCUT2D eigenvalue weighted by Gasteiger charge is -2.17. The molecule has 0 aliphatic rings. The van der Waals surface area contributed by atoms with Crippen molar-refractivity contribution in [2.45, 2.75) is 40.2 Å². The van der Waals surface area contributed by atoms with Crippen molar-refractivity contribution in [1.82, 2.24) is 0 Å². The van der Waals surface area contributed by atoms with Crippen LogP contribution in [-0.4, -0.2) is 31.7 Å². The fourth-order valence-corrected chi connectivity index (χ4v) is 2.97. The summed E-state index contributed by atoms with van der Waals surface area (Å²) in [6, 6.07) is 8.63. The number of anilines is 1. The van der Waals surface area contributed by atoms with Gasteiger partial charge in [-0.15, -0.1) is 0 Å². The second-order valence-corrected chi connectivity index (χ2v) is 7.05. The van der Waals surface area contributed by atoms with Gasteiger partial charge in [-0.3, -0.25) is 4.79 Å². The van der Waals surface area contributed by atoms with Crippen LogP contribution in [0.1, 0.15) is 41.8 Å². The Labute approximate surface area is 176 Å². The van der Waals surface area contributed by atoms with Gasteiger partial charge in [-0.05, 0) is 50.5 Å². The van der Waals surface area contributed by atoms with Crippen LogP contribution < -0.4 is 14.8 Å². The first-order valence-corrected chi connectivity index (χ1v) is 9.74. The van der Waals surface area contributed by atoms with Gasteiger partial charge in [-0.25, -0.2) is 4.79 Å². The van der Waals surface area contributed by atoms with E-state index in [1.54, 1.807) is 0 Å². The topological polar surface area (TPSA) is 73.9 Å². The molecule has 1 amide bonds. The molecule has 0 spiro atoms. The fraction of sp³-hybridized carbons (Fsp3) is 0.364. The van der Waals surface area contributed by atoms with Crippen molar-refractivity contribution in [3.8, 4) is 11.5 Å². The highest BCUT2D eigenvalue weighted by atomic mass is 35.5. The molecule has 29 heavy (non-hydrogen) atoms. The summed E-state index contributed by atoms with van der Waals surface area (Å²) in [6.07, 6.45) is -0.196. The molecule has 0 aliphatic heterocycles. The van der Waals surface area contributed by atoms with E-state index in [-0.39, 0.29) is 10.6 Å². The third-order valence-corrected chi connectivity index (χ3v) is 4.58. The SMILES string of the molecule is CCCOc1c(Cl)cc(C(=O)O[C@H](C)C(=O)Nc2c(C)cccc2C)cc1OC. The van der Waals surface area contributed by atoms with Gasteiger partial charge in [0, 0.05) is 5.69 Å². The van der Waals surface area contributed by atoms with Crippen molar-refractivity contribution < 1.29 is 23.8 Å². The lowest BCUT2D eigenvalue weighted by Crippen LogP contribution is -2.30. The molecule has 0 aliphatic carbocycles. The Kier molecular flexibility index (Phi) is 7.91. The maximum Gasteiger partial charge on any atom is 0.339 e. The predicted octanol–water partition coefficient (Wildman–Crippen LogP) is 4.94. The van der Waals surface area contributed by atoms with Crippen molar-refractivity contribution >= 4 is 29.2 Å².